The number of hydrogen-bond acceptors (Lipinski definition) is 5. The van der Waals surface area contributed by atoms with Crippen molar-refractivity contribution in [1.29, 1.82) is 0 Å². The first kappa shape index (κ1) is 15.9. The summed E-state index contributed by atoms with van der Waals surface area (Å²) < 4.78 is 32.4. The number of methoxy groups -OCH3 is 1. The Morgan fingerprint density at radius 3 is 2.76 bits per heavy atom. The fourth-order valence-corrected chi connectivity index (χ4v) is 3.93. The zero-order valence-electron chi connectivity index (χ0n) is 12.1. The van der Waals surface area contributed by atoms with E-state index in [-0.39, 0.29) is 22.4 Å². The molecule has 0 spiro atoms. The molecule has 7 heteroatoms. The molecular weight excluding hydrogens is 292 g/mol. The van der Waals surface area contributed by atoms with Gasteiger partial charge in [0, 0.05) is 12.6 Å². The third-order valence-corrected chi connectivity index (χ3v) is 5.26. The number of carbonyl (C=O) groups is 1. The van der Waals surface area contributed by atoms with Gasteiger partial charge in [-0.25, -0.2) is 17.9 Å². The number of piperidine rings is 1. The van der Waals surface area contributed by atoms with Gasteiger partial charge in [-0.1, -0.05) is 19.1 Å². The largest absolute Gasteiger partial charge is 0.465 e. The van der Waals surface area contributed by atoms with Crippen LogP contribution >= 0.6 is 0 Å². The van der Waals surface area contributed by atoms with E-state index < -0.39 is 16.0 Å². The summed E-state index contributed by atoms with van der Waals surface area (Å²) in [7, 11) is -2.54. The Balaban J connectivity index is 2.29. The lowest BCUT2D eigenvalue weighted by atomic mass is 9.96. The van der Waals surface area contributed by atoms with Gasteiger partial charge in [-0.3, -0.25) is 0 Å². The summed E-state index contributed by atoms with van der Waals surface area (Å²) in [4.78, 5) is 11.7. The van der Waals surface area contributed by atoms with E-state index in [9.17, 15) is 13.2 Å². The Bertz CT molecular complexity index is 615. The fraction of sp³-hybridized carbons (Fsp3) is 0.500. The fourth-order valence-electron chi connectivity index (χ4n) is 2.39. The highest BCUT2D eigenvalue weighted by Crippen LogP contribution is 2.19. The molecule has 0 radical (unpaired) electrons. The summed E-state index contributed by atoms with van der Waals surface area (Å²) in [5.41, 5.74) is 0.0453. The van der Waals surface area contributed by atoms with Gasteiger partial charge in [0.2, 0.25) is 10.0 Å². The zero-order chi connectivity index (χ0) is 15.5. The summed E-state index contributed by atoms with van der Waals surface area (Å²) in [6, 6.07) is 5.87. The van der Waals surface area contributed by atoms with Gasteiger partial charge in [-0.05, 0) is 31.0 Å². The van der Waals surface area contributed by atoms with Gasteiger partial charge in [-0.2, -0.15) is 0 Å². The molecule has 2 atom stereocenters. The predicted octanol–water partition coefficient (Wildman–Crippen LogP) is 0.749. The number of ether oxygens (including phenoxy) is 1. The highest BCUT2D eigenvalue weighted by atomic mass is 32.2. The maximum absolute atomic E-state index is 12.5. The maximum Gasteiger partial charge on any atom is 0.339 e. The van der Waals surface area contributed by atoms with Crippen LogP contribution in [-0.2, 0) is 14.8 Å². The van der Waals surface area contributed by atoms with Crippen molar-refractivity contribution in [3.05, 3.63) is 29.8 Å². The first-order valence-electron chi connectivity index (χ1n) is 6.86. The van der Waals surface area contributed by atoms with Crippen LogP contribution in [-0.4, -0.2) is 40.6 Å². The maximum atomic E-state index is 12.5. The molecule has 21 heavy (non-hydrogen) atoms. The van der Waals surface area contributed by atoms with Gasteiger partial charge in [0.05, 0.1) is 17.6 Å². The molecule has 1 aliphatic rings. The van der Waals surface area contributed by atoms with Crippen LogP contribution in [0.1, 0.15) is 23.7 Å². The van der Waals surface area contributed by atoms with E-state index in [1.807, 2.05) is 6.92 Å². The first-order chi connectivity index (χ1) is 9.95. The van der Waals surface area contributed by atoms with Crippen molar-refractivity contribution in [2.24, 2.45) is 5.92 Å². The van der Waals surface area contributed by atoms with Gasteiger partial charge in [0.1, 0.15) is 0 Å². The van der Waals surface area contributed by atoms with Crippen LogP contribution in [0, 0.1) is 5.92 Å². The summed E-state index contributed by atoms with van der Waals surface area (Å²) >= 11 is 0. The third kappa shape index (κ3) is 3.61. The molecule has 0 bridgehead atoms. The van der Waals surface area contributed by atoms with E-state index in [0.717, 1.165) is 13.0 Å². The van der Waals surface area contributed by atoms with Crippen molar-refractivity contribution in [2.45, 2.75) is 24.3 Å². The van der Waals surface area contributed by atoms with Gasteiger partial charge in [0.15, 0.2) is 0 Å². The van der Waals surface area contributed by atoms with E-state index in [0.29, 0.717) is 6.54 Å². The van der Waals surface area contributed by atoms with Gasteiger partial charge < -0.3 is 10.1 Å². The van der Waals surface area contributed by atoms with Crippen LogP contribution in [0.4, 0.5) is 0 Å². The Morgan fingerprint density at radius 1 is 1.38 bits per heavy atom. The third-order valence-electron chi connectivity index (χ3n) is 3.72. The molecule has 1 saturated heterocycles. The molecule has 1 heterocycles. The van der Waals surface area contributed by atoms with Crippen molar-refractivity contribution in [2.75, 3.05) is 20.2 Å². The summed E-state index contributed by atoms with van der Waals surface area (Å²) in [6.07, 6.45) is 0.909. The Hall–Kier alpha value is -1.44. The van der Waals surface area contributed by atoms with Crippen molar-refractivity contribution in [3.63, 3.8) is 0 Å². The van der Waals surface area contributed by atoms with Crippen LogP contribution in [0.25, 0.3) is 0 Å². The lowest BCUT2D eigenvalue weighted by Gasteiger charge is -2.30. The molecule has 2 unspecified atom stereocenters. The van der Waals surface area contributed by atoms with Crippen LogP contribution in [0.2, 0.25) is 0 Å². The van der Waals surface area contributed by atoms with E-state index in [1.54, 1.807) is 12.1 Å². The zero-order valence-corrected chi connectivity index (χ0v) is 12.9. The van der Waals surface area contributed by atoms with Gasteiger partial charge >= 0.3 is 5.97 Å². The van der Waals surface area contributed by atoms with Crippen molar-refractivity contribution in [1.82, 2.24) is 10.0 Å². The normalized spacial score (nSPS) is 22.8. The molecular formula is C14H20N2O4S. The quantitative estimate of drug-likeness (QED) is 0.802. The highest BCUT2D eigenvalue weighted by molar-refractivity contribution is 7.89. The Kier molecular flexibility index (Phi) is 4.97. The van der Waals surface area contributed by atoms with E-state index in [1.165, 1.54) is 19.2 Å². The van der Waals surface area contributed by atoms with E-state index in [2.05, 4.69) is 14.8 Å². The van der Waals surface area contributed by atoms with Crippen molar-refractivity contribution in [3.8, 4) is 0 Å². The molecule has 1 aromatic rings. The van der Waals surface area contributed by atoms with Crippen molar-refractivity contribution >= 4 is 16.0 Å². The lowest BCUT2D eigenvalue weighted by molar-refractivity contribution is 0.0596. The number of carbonyl (C=O) groups excluding carboxylic acids is 1. The van der Waals surface area contributed by atoms with Crippen LogP contribution in [0.3, 0.4) is 0 Å². The first-order valence-corrected chi connectivity index (χ1v) is 8.34. The summed E-state index contributed by atoms with van der Waals surface area (Å²) in [5, 5.41) is 3.17. The molecule has 0 amide bonds. The second kappa shape index (κ2) is 6.55. The molecule has 1 fully saturated rings. The molecule has 0 aliphatic carbocycles. The number of benzene rings is 1. The monoisotopic (exact) mass is 312 g/mol. The number of nitrogens with one attached hydrogen (secondary N) is 2. The van der Waals surface area contributed by atoms with Crippen LogP contribution in [0.5, 0.6) is 0 Å². The SMILES string of the molecule is COC(=O)c1ccccc1S(=O)(=O)NC1CNCCC1C. The molecule has 116 valence electrons. The second-order valence-corrected chi connectivity index (χ2v) is 6.87. The summed E-state index contributed by atoms with van der Waals surface area (Å²) in [5.74, 6) is -0.419. The molecule has 1 aliphatic heterocycles. The molecule has 2 N–H and O–H groups in total. The predicted molar refractivity (Wildman–Crippen MR) is 78.5 cm³/mol. The minimum Gasteiger partial charge on any atom is -0.465 e. The molecule has 0 saturated carbocycles. The molecule has 0 aromatic heterocycles. The minimum atomic E-state index is -3.77. The standard InChI is InChI=1S/C14H20N2O4S/c1-10-7-8-15-9-12(10)16-21(18,19)13-6-4-3-5-11(13)14(17)20-2/h3-6,10,12,15-16H,7-9H2,1-2H3. The Labute approximate surface area is 124 Å². The average molecular weight is 312 g/mol. The van der Waals surface area contributed by atoms with Gasteiger partial charge in [-0.15, -0.1) is 0 Å². The smallest absolute Gasteiger partial charge is 0.339 e. The molecule has 1 aromatic carbocycles. The molecule has 6 nitrogen and oxygen atoms in total. The van der Waals surface area contributed by atoms with Crippen molar-refractivity contribution < 1.29 is 17.9 Å². The number of sulfonamides is 1. The minimum absolute atomic E-state index is 0.0453. The second-order valence-electron chi connectivity index (χ2n) is 5.19. The van der Waals surface area contributed by atoms with E-state index in [4.69, 9.17) is 0 Å². The number of esters is 1. The Morgan fingerprint density at radius 2 is 2.10 bits per heavy atom. The average Bonchev–Trinajstić information content (AvgIpc) is 2.48. The van der Waals surface area contributed by atoms with Crippen LogP contribution < -0.4 is 10.0 Å². The summed E-state index contributed by atoms with van der Waals surface area (Å²) in [6.45, 7) is 3.49. The number of rotatable bonds is 4. The molecule has 2 rings (SSSR count). The van der Waals surface area contributed by atoms with E-state index >= 15 is 0 Å². The number of hydrogen-bond donors (Lipinski definition) is 2. The van der Waals surface area contributed by atoms with Crippen LogP contribution in [0.15, 0.2) is 29.2 Å². The lowest BCUT2D eigenvalue weighted by Crippen LogP contribution is -2.50. The van der Waals surface area contributed by atoms with Gasteiger partial charge in [0.25, 0.3) is 0 Å². The highest BCUT2D eigenvalue weighted by Gasteiger charge is 2.29. The topological polar surface area (TPSA) is 84.5 Å².